The zero-order valence-corrected chi connectivity index (χ0v) is 11.3. The van der Waals surface area contributed by atoms with Crippen LogP contribution in [0.1, 0.15) is 42.5 Å². The Labute approximate surface area is 106 Å². The number of halogens is 1. The molecule has 0 radical (unpaired) electrons. The van der Waals surface area contributed by atoms with Crippen molar-refractivity contribution in [1.29, 1.82) is 0 Å². The average molecular weight is 256 g/mol. The van der Waals surface area contributed by atoms with Crippen LogP contribution >= 0.6 is 22.9 Å². The van der Waals surface area contributed by atoms with E-state index < -0.39 is 0 Å². The van der Waals surface area contributed by atoms with Gasteiger partial charge in [-0.15, -0.1) is 11.3 Å². The van der Waals surface area contributed by atoms with E-state index in [0.717, 1.165) is 10.9 Å². The standard InChI is InChI=1S/C13H18ClNS/c1-15-8-10-7-11(14)16-12(10)13(9-15)5-3-2-4-6-13/h7H,2-6,8-9H2,1H3. The third-order valence-corrected chi connectivity index (χ3v) is 5.64. The van der Waals surface area contributed by atoms with Crippen LogP contribution in [0.5, 0.6) is 0 Å². The Kier molecular flexibility index (Phi) is 2.77. The lowest BCUT2D eigenvalue weighted by atomic mass is 9.70. The second-order valence-corrected chi connectivity index (χ2v) is 7.10. The molecule has 1 aliphatic heterocycles. The Morgan fingerprint density at radius 3 is 2.81 bits per heavy atom. The fourth-order valence-electron chi connectivity index (χ4n) is 3.51. The number of hydrogen-bond acceptors (Lipinski definition) is 2. The Bertz CT molecular complexity index is 393. The van der Waals surface area contributed by atoms with E-state index in [-0.39, 0.29) is 0 Å². The van der Waals surface area contributed by atoms with Crippen LogP contribution in [0, 0.1) is 0 Å². The van der Waals surface area contributed by atoms with E-state index in [1.54, 1.807) is 4.88 Å². The summed E-state index contributed by atoms with van der Waals surface area (Å²) in [6.07, 6.45) is 6.92. The quantitative estimate of drug-likeness (QED) is 0.676. The van der Waals surface area contributed by atoms with Gasteiger partial charge < -0.3 is 4.90 Å². The number of fused-ring (bicyclic) bond motifs is 2. The number of rotatable bonds is 0. The first-order valence-electron chi connectivity index (χ1n) is 6.17. The summed E-state index contributed by atoms with van der Waals surface area (Å²) in [6.45, 7) is 2.32. The third kappa shape index (κ3) is 1.71. The van der Waals surface area contributed by atoms with Gasteiger partial charge in [0.05, 0.1) is 4.34 Å². The maximum Gasteiger partial charge on any atom is 0.0934 e. The van der Waals surface area contributed by atoms with Gasteiger partial charge in [-0.2, -0.15) is 0 Å². The molecule has 3 rings (SSSR count). The molecule has 2 heterocycles. The minimum absolute atomic E-state index is 0.443. The molecule has 1 saturated carbocycles. The first-order valence-corrected chi connectivity index (χ1v) is 7.36. The van der Waals surface area contributed by atoms with Crippen molar-refractivity contribution >= 4 is 22.9 Å². The highest BCUT2D eigenvalue weighted by Crippen LogP contribution is 2.48. The Balaban J connectivity index is 2.04. The van der Waals surface area contributed by atoms with Crippen molar-refractivity contribution in [2.45, 2.75) is 44.1 Å². The normalized spacial score (nSPS) is 24.6. The van der Waals surface area contributed by atoms with Crippen molar-refractivity contribution in [1.82, 2.24) is 4.90 Å². The van der Waals surface area contributed by atoms with Gasteiger partial charge in [0.2, 0.25) is 0 Å². The van der Waals surface area contributed by atoms with Crippen LogP contribution in [0.2, 0.25) is 4.34 Å². The molecule has 1 aromatic rings. The highest BCUT2D eigenvalue weighted by Gasteiger charge is 2.40. The second kappa shape index (κ2) is 4.01. The topological polar surface area (TPSA) is 3.24 Å². The van der Waals surface area contributed by atoms with Crippen molar-refractivity contribution in [2.24, 2.45) is 0 Å². The van der Waals surface area contributed by atoms with Crippen LogP contribution in [-0.4, -0.2) is 18.5 Å². The lowest BCUT2D eigenvalue weighted by Crippen LogP contribution is -2.44. The van der Waals surface area contributed by atoms with Gasteiger partial charge in [0.1, 0.15) is 0 Å². The van der Waals surface area contributed by atoms with Crippen molar-refractivity contribution in [3.8, 4) is 0 Å². The van der Waals surface area contributed by atoms with E-state index in [2.05, 4.69) is 18.0 Å². The fourth-order valence-corrected chi connectivity index (χ4v) is 5.01. The Morgan fingerprint density at radius 1 is 1.31 bits per heavy atom. The van der Waals surface area contributed by atoms with Gasteiger partial charge in [0.15, 0.2) is 0 Å². The molecule has 2 aliphatic rings. The van der Waals surface area contributed by atoms with E-state index in [9.17, 15) is 0 Å². The fraction of sp³-hybridized carbons (Fsp3) is 0.692. The van der Waals surface area contributed by atoms with Gasteiger partial charge in [-0.1, -0.05) is 30.9 Å². The van der Waals surface area contributed by atoms with E-state index >= 15 is 0 Å². The molecule has 0 bridgehead atoms. The maximum absolute atomic E-state index is 6.20. The summed E-state index contributed by atoms with van der Waals surface area (Å²) in [7, 11) is 2.24. The number of hydrogen-bond donors (Lipinski definition) is 0. The van der Waals surface area contributed by atoms with Crippen LogP contribution in [-0.2, 0) is 12.0 Å². The molecule has 0 atom stereocenters. The van der Waals surface area contributed by atoms with Crippen LogP contribution in [0.3, 0.4) is 0 Å². The molecule has 1 fully saturated rings. The Morgan fingerprint density at radius 2 is 2.06 bits per heavy atom. The predicted octanol–water partition coefficient (Wildman–Crippen LogP) is 4.05. The van der Waals surface area contributed by atoms with Crippen LogP contribution < -0.4 is 0 Å². The van der Waals surface area contributed by atoms with E-state index in [1.807, 2.05) is 11.3 Å². The summed E-state index contributed by atoms with van der Waals surface area (Å²) < 4.78 is 0.977. The number of likely N-dealkylation sites (N-methyl/N-ethyl adjacent to an activating group) is 1. The first-order chi connectivity index (χ1) is 7.70. The molecule has 88 valence electrons. The summed E-state index contributed by atoms with van der Waals surface area (Å²) in [6, 6.07) is 2.19. The zero-order chi connectivity index (χ0) is 11.2. The summed E-state index contributed by atoms with van der Waals surface area (Å²) in [5, 5.41) is 0. The highest BCUT2D eigenvalue weighted by molar-refractivity contribution is 7.16. The Hall–Kier alpha value is -0.0500. The third-order valence-electron chi connectivity index (χ3n) is 4.08. The van der Waals surface area contributed by atoms with Gasteiger partial charge in [0.25, 0.3) is 0 Å². The smallest absolute Gasteiger partial charge is 0.0934 e. The molecule has 1 nitrogen and oxygen atoms in total. The number of thiophene rings is 1. The molecule has 3 heteroatoms. The minimum atomic E-state index is 0.443. The summed E-state index contributed by atoms with van der Waals surface area (Å²) in [4.78, 5) is 4.08. The molecule has 0 saturated heterocycles. The molecule has 1 aromatic heterocycles. The predicted molar refractivity (Wildman–Crippen MR) is 70.4 cm³/mol. The van der Waals surface area contributed by atoms with Crippen LogP contribution in [0.15, 0.2) is 6.07 Å². The molecule has 1 aliphatic carbocycles. The maximum atomic E-state index is 6.20. The summed E-state index contributed by atoms with van der Waals surface area (Å²) >= 11 is 8.04. The van der Waals surface area contributed by atoms with Crippen LogP contribution in [0.4, 0.5) is 0 Å². The molecular weight excluding hydrogens is 238 g/mol. The zero-order valence-electron chi connectivity index (χ0n) is 9.76. The van der Waals surface area contributed by atoms with Crippen molar-refractivity contribution in [3.63, 3.8) is 0 Å². The lowest BCUT2D eigenvalue weighted by molar-refractivity contribution is 0.171. The molecule has 1 spiro atoms. The minimum Gasteiger partial charge on any atom is -0.301 e. The van der Waals surface area contributed by atoms with Gasteiger partial charge in [0, 0.05) is 23.4 Å². The summed E-state index contributed by atoms with van der Waals surface area (Å²) in [5.41, 5.74) is 1.93. The average Bonchev–Trinajstić information content (AvgIpc) is 2.60. The van der Waals surface area contributed by atoms with E-state index in [0.29, 0.717) is 5.41 Å². The number of nitrogens with zero attached hydrogens (tertiary/aromatic N) is 1. The lowest BCUT2D eigenvalue weighted by Gasteiger charge is -2.43. The van der Waals surface area contributed by atoms with Crippen LogP contribution in [0.25, 0.3) is 0 Å². The SMILES string of the molecule is CN1Cc2cc(Cl)sc2C2(CCCCC2)C1. The van der Waals surface area contributed by atoms with Gasteiger partial charge in [-0.25, -0.2) is 0 Å². The largest absolute Gasteiger partial charge is 0.301 e. The van der Waals surface area contributed by atoms with Gasteiger partial charge in [-0.3, -0.25) is 0 Å². The molecule has 0 aromatic carbocycles. The molecular formula is C13H18ClNS. The first kappa shape index (κ1) is 11.1. The molecule has 0 N–H and O–H groups in total. The molecule has 16 heavy (non-hydrogen) atoms. The molecule has 0 unspecified atom stereocenters. The van der Waals surface area contributed by atoms with Crippen molar-refractivity contribution in [2.75, 3.05) is 13.6 Å². The van der Waals surface area contributed by atoms with Crippen molar-refractivity contribution < 1.29 is 0 Å². The van der Waals surface area contributed by atoms with E-state index in [1.165, 1.54) is 44.2 Å². The van der Waals surface area contributed by atoms with Crippen molar-refractivity contribution in [3.05, 3.63) is 20.8 Å². The summed E-state index contributed by atoms with van der Waals surface area (Å²) in [5.74, 6) is 0. The second-order valence-electron chi connectivity index (χ2n) is 5.42. The molecule has 0 amide bonds. The van der Waals surface area contributed by atoms with Gasteiger partial charge >= 0.3 is 0 Å². The monoisotopic (exact) mass is 255 g/mol. The highest BCUT2D eigenvalue weighted by atomic mass is 35.5. The van der Waals surface area contributed by atoms with E-state index in [4.69, 9.17) is 11.6 Å². The van der Waals surface area contributed by atoms with Gasteiger partial charge in [-0.05, 0) is 31.5 Å².